The molecule has 2 aliphatic heterocycles. The second kappa shape index (κ2) is 6.25. The molecule has 0 spiro atoms. The summed E-state index contributed by atoms with van der Waals surface area (Å²) >= 11 is 0. The third-order valence-corrected chi connectivity index (χ3v) is 4.51. The van der Waals surface area contributed by atoms with Crippen molar-refractivity contribution in [3.05, 3.63) is 18.1 Å². The Balaban J connectivity index is 1.54. The van der Waals surface area contributed by atoms with Crippen molar-refractivity contribution >= 4 is 5.82 Å². The van der Waals surface area contributed by atoms with E-state index in [1.807, 2.05) is 0 Å². The molecule has 6 nitrogen and oxygen atoms in total. The monoisotopic (exact) mass is 291 g/mol. The minimum absolute atomic E-state index is 0.535. The molecule has 21 heavy (non-hydrogen) atoms. The topological polar surface area (TPSA) is 64.5 Å². The predicted octanol–water partition coefficient (Wildman–Crippen LogP) is -0.115. The maximum absolute atomic E-state index is 10.5. The molecule has 0 radical (unpaired) electrons. The molecule has 1 unspecified atom stereocenters. The Kier molecular flexibility index (Phi) is 4.37. The number of nitrogens with one attached hydrogen (secondary N) is 1. The molecule has 0 bridgehead atoms. The van der Waals surface area contributed by atoms with E-state index < -0.39 is 5.60 Å². The molecule has 1 aromatic rings. The number of aliphatic hydroxyl groups is 1. The highest BCUT2D eigenvalue weighted by molar-refractivity contribution is 5.39. The van der Waals surface area contributed by atoms with Crippen LogP contribution in [0.15, 0.2) is 12.4 Å². The Morgan fingerprint density at radius 2 is 2.10 bits per heavy atom. The zero-order valence-electron chi connectivity index (χ0n) is 12.8. The Bertz CT molecular complexity index is 467. The Morgan fingerprint density at radius 1 is 1.29 bits per heavy atom. The number of piperazine rings is 1. The summed E-state index contributed by atoms with van der Waals surface area (Å²) in [7, 11) is 0. The lowest BCUT2D eigenvalue weighted by molar-refractivity contribution is 0.0193. The fourth-order valence-corrected chi connectivity index (χ4v) is 3.17. The number of aryl methyl sites for hydroxylation is 1. The lowest BCUT2D eigenvalue weighted by atomic mass is 10.0. The summed E-state index contributed by atoms with van der Waals surface area (Å²) in [5, 5.41) is 13.7. The predicted molar refractivity (Wildman–Crippen MR) is 82.5 cm³/mol. The molecule has 6 heteroatoms. The Labute approximate surface area is 126 Å². The van der Waals surface area contributed by atoms with Gasteiger partial charge < -0.3 is 15.3 Å². The molecule has 1 aromatic heterocycles. The normalized spacial score (nSPS) is 27.2. The van der Waals surface area contributed by atoms with Gasteiger partial charge in [0.1, 0.15) is 12.1 Å². The van der Waals surface area contributed by atoms with Crippen LogP contribution in [0, 0.1) is 0 Å². The molecule has 0 saturated carbocycles. The number of nitrogens with zero attached hydrogens (tertiary/aromatic N) is 4. The molecule has 0 aromatic carbocycles. The second-order valence-electron chi connectivity index (χ2n) is 6.14. The van der Waals surface area contributed by atoms with E-state index in [-0.39, 0.29) is 0 Å². The summed E-state index contributed by atoms with van der Waals surface area (Å²) in [6.07, 6.45) is 3.46. The van der Waals surface area contributed by atoms with Crippen molar-refractivity contribution in [2.75, 3.05) is 50.7 Å². The zero-order valence-corrected chi connectivity index (χ0v) is 12.8. The lowest BCUT2D eigenvalue weighted by Gasteiger charge is -2.38. The average Bonchev–Trinajstić information content (AvgIpc) is 2.94. The van der Waals surface area contributed by atoms with Gasteiger partial charge in [0, 0.05) is 51.0 Å². The van der Waals surface area contributed by atoms with Gasteiger partial charge in [-0.05, 0) is 19.4 Å². The first-order valence-corrected chi connectivity index (χ1v) is 7.90. The van der Waals surface area contributed by atoms with Gasteiger partial charge in [0.2, 0.25) is 0 Å². The van der Waals surface area contributed by atoms with Crippen LogP contribution in [0.5, 0.6) is 0 Å². The molecule has 2 saturated heterocycles. The van der Waals surface area contributed by atoms with Crippen LogP contribution in [0.2, 0.25) is 0 Å². The van der Waals surface area contributed by atoms with Gasteiger partial charge in [-0.3, -0.25) is 4.90 Å². The van der Waals surface area contributed by atoms with Crippen LogP contribution in [0.25, 0.3) is 0 Å². The minimum atomic E-state index is -0.535. The minimum Gasteiger partial charge on any atom is -0.387 e. The van der Waals surface area contributed by atoms with Crippen LogP contribution in [0.1, 0.15) is 19.0 Å². The SMILES string of the molecule is CCc1cc(N2CCN(CC3(O)CCNC3)CC2)ncn1. The zero-order chi connectivity index (χ0) is 14.7. The third kappa shape index (κ3) is 3.51. The van der Waals surface area contributed by atoms with Crippen molar-refractivity contribution in [1.82, 2.24) is 20.2 Å². The smallest absolute Gasteiger partial charge is 0.132 e. The summed E-state index contributed by atoms with van der Waals surface area (Å²) in [6.45, 7) is 8.42. The molecule has 0 aliphatic carbocycles. The van der Waals surface area contributed by atoms with Crippen LogP contribution in [0.3, 0.4) is 0 Å². The molecule has 3 heterocycles. The van der Waals surface area contributed by atoms with E-state index in [0.717, 1.165) is 70.2 Å². The van der Waals surface area contributed by atoms with Crippen LogP contribution in [0.4, 0.5) is 5.82 Å². The van der Waals surface area contributed by atoms with Crippen molar-refractivity contribution < 1.29 is 5.11 Å². The summed E-state index contributed by atoms with van der Waals surface area (Å²) in [4.78, 5) is 13.3. The molecule has 2 fully saturated rings. The number of β-amino-alcohol motifs (C(OH)–C–C–N with tert-alkyl or cyclic N) is 1. The molecule has 2 aliphatic rings. The van der Waals surface area contributed by atoms with Crippen molar-refractivity contribution in [3.8, 4) is 0 Å². The first kappa shape index (κ1) is 14.7. The molecule has 116 valence electrons. The first-order valence-electron chi connectivity index (χ1n) is 7.90. The standard InChI is InChI=1S/C15H25N5O/c1-2-13-9-14(18-12-17-13)20-7-5-19(6-8-20)11-15(21)3-4-16-10-15/h9,12,16,21H,2-8,10-11H2,1H3. The van der Waals surface area contributed by atoms with Gasteiger partial charge in [-0.25, -0.2) is 9.97 Å². The van der Waals surface area contributed by atoms with Crippen molar-refractivity contribution in [3.63, 3.8) is 0 Å². The number of rotatable bonds is 4. The summed E-state index contributed by atoms with van der Waals surface area (Å²) in [5.41, 5.74) is 0.556. The van der Waals surface area contributed by atoms with Crippen LogP contribution >= 0.6 is 0 Å². The first-order chi connectivity index (χ1) is 10.2. The molecule has 1 atom stereocenters. The summed E-state index contributed by atoms with van der Waals surface area (Å²) < 4.78 is 0. The Morgan fingerprint density at radius 3 is 2.76 bits per heavy atom. The summed E-state index contributed by atoms with van der Waals surface area (Å²) in [5.74, 6) is 1.03. The molecule has 3 rings (SSSR count). The highest BCUT2D eigenvalue weighted by Gasteiger charge is 2.34. The van der Waals surface area contributed by atoms with Gasteiger partial charge in [0.25, 0.3) is 0 Å². The number of aromatic nitrogens is 2. The van der Waals surface area contributed by atoms with Gasteiger partial charge in [0.15, 0.2) is 0 Å². The maximum Gasteiger partial charge on any atom is 0.132 e. The quantitative estimate of drug-likeness (QED) is 0.807. The molecular weight excluding hydrogens is 266 g/mol. The van der Waals surface area contributed by atoms with Crippen LogP contribution < -0.4 is 10.2 Å². The highest BCUT2D eigenvalue weighted by Crippen LogP contribution is 2.19. The van der Waals surface area contributed by atoms with E-state index in [9.17, 15) is 5.11 Å². The van der Waals surface area contributed by atoms with E-state index in [4.69, 9.17) is 0 Å². The van der Waals surface area contributed by atoms with Crippen molar-refractivity contribution in [2.24, 2.45) is 0 Å². The third-order valence-electron chi connectivity index (χ3n) is 4.51. The largest absolute Gasteiger partial charge is 0.387 e. The number of hydrogen-bond acceptors (Lipinski definition) is 6. The Hall–Kier alpha value is -1.24. The van der Waals surface area contributed by atoms with E-state index in [1.165, 1.54) is 0 Å². The summed E-state index contributed by atoms with van der Waals surface area (Å²) in [6, 6.07) is 2.09. The van der Waals surface area contributed by atoms with Gasteiger partial charge >= 0.3 is 0 Å². The van der Waals surface area contributed by atoms with E-state index >= 15 is 0 Å². The van der Waals surface area contributed by atoms with E-state index in [0.29, 0.717) is 0 Å². The highest BCUT2D eigenvalue weighted by atomic mass is 16.3. The van der Waals surface area contributed by atoms with Gasteiger partial charge in [-0.1, -0.05) is 6.92 Å². The van der Waals surface area contributed by atoms with Crippen molar-refractivity contribution in [1.29, 1.82) is 0 Å². The van der Waals surface area contributed by atoms with E-state index in [2.05, 4.69) is 38.1 Å². The molecular formula is C15H25N5O. The number of hydrogen-bond donors (Lipinski definition) is 2. The lowest BCUT2D eigenvalue weighted by Crippen LogP contribution is -2.52. The van der Waals surface area contributed by atoms with Gasteiger partial charge in [-0.15, -0.1) is 0 Å². The van der Waals surface area contributed by atoms with Crippen LogP contribution in [-0.2, 0) is 6.42 Å². The maximum atomic E-state index is 10.5. The van der Waals surface area contributed by atoms with Gasteiger partial charge in [0.05, 0.1) is 5.60 Å². The van der Waals surface area contributed by atoms with Crippen LogP contribution in [-0.4, -0.2) is 71.4 Å². The fourth-order valence-electron chi connectivity index (χ4n) is 3.17. The molecule has 2 N–H and O–H groups in total. The average molecular weight is 291 g/mol. The number of anilines is 1. The van der Waals surface area contributed by atoms with E-state index in [1.54, 1.807) is 6.33 Å². The van der Waals surface area contributed by atoms with Gasteiger partial charge in [-0.2, -0.15) is 0 Å². The fraction of sp³-hybridized carbons (Fsp3) is 0.733. The van der Waals surface area contributed by atoms with Crippen molar-refractivity contribution in [2.45, 2.75) is 25.4 Å². The molecule has 0 amide bonds. The second-order valence-corrected chi connectivity index (χ2v) is 6.14.